The van der Waals surface area contributed by atoms with E-state index >= 15 is 0 Å². The fraction of sp³-hybridized carbons (Fsp3) is 0.407. The number of hydrogen-bond acceptors (Lipinski definition) is 5. The summed E-state index contributed by atoms with van der Waals surface area (Å²) in [6.07, 6.45) is 0.735. The Morgan fingerprint density at radius 1 is 1.09 bits per heavy atom. The number of nitrogens with zero attached hydrogens (tertiary/aromatic N) is 2. The molecule has 1 atom stereocenters. The van der Waals surface area contributed by atoms with Crippen molar-refractivity contribution in [2.45, 2.75) is 40.2 Å². The molecule has 1 saturated heterocycles. The van der Waals surface area contributed by atoms with Gasteiger partial charge in [0.2, 0.25) is 0 Å². The fourth-order valence-electron chi connectivity index (χ4n) is 4.41. The molecule has 1 N–H and O–H groups in total. The average molecular weight is 451 g/mol. The van der Waals surface area contributed by atoms with Gasteiger partial charge in [0.1, 0.15) is 11.5 Å². The quantitative estimate of drug-likeness (QED) is 0.347. The van der Waals surface area contributed by atoms with E-state index in [2.05, 4.69) is 18.7 Å². The zero-order valence-electron chi connectivity index (χ0n) is 20.2. The summed E-state index contributed by atoms with van der Waals surface area (Å²) in [7, 11) is 1.58. The first-order valence-electron chi connectivity index (χ1n) is 11.5. The number of ether oxygens (including phenoxy) is 1. The van der Waals surface area contributed by atoms with E-state index in [-0.39, 0.29) is 11.3 Å². The number of benzene rings is 2. The molecule has 0 radical (unpaired) electrons. The molecule has 3 rings (SSSR count). The summed E-state index contributed by atoms with van der Waals surface area (Å²) in [4.78, 5) is 30.2. The monoisotopic (exact) mass is 450 g/mol. The topological polar surface area (TPSA) is 70.1 Å². The van der Waals surface area contributed by atoms with E-state index in [4.69, 9.17) is 4.74 Å². The van der Waals surface area contributed by atoms with Gasteiger partial charge in [-0.15, -0.1) is 0 Å². The van der Waals surface area contributed by atoms with Gasteiger partial charge >= 0.3 is 0 Å². The molecular formula is C27H34N2O4. The summed E-state index contributed by atoms with van der Waals surface area (Å²) in [5.74, 6) is -0.722. The third-order valence-corrected chi connectivity index (χ3v) is 6.37. The lowest BCUT2D eigenvalue weighted by Gasteiger charge is -2.27. The van der Waals surface area contributed by atoms with Crippen LogP contribution in [-0.2, 0) is 9.59 Å². The van der Waals surface area contributed by atoms with Crippen LogP contribution in [0.2, 0.25) is 0 Å². The molecule has 0 bridgehead atoms. The third-order valence-electron chi connectivity index (χ3n) is 6.37. The van der Waals surface area contributed by atoms with Crippen molar-refractivity contribution in [2.75, 3.05) is 33.3 Å². The van der Waals surface area contributed by atoms with Crippen LogP contribution in [-0.4, -0.2) is 59.9 Å². The predicted molar refractivity (Wildman–Crippen MR) is 130 cm³/mol. The lowest BCUT2D eigenvalue weighted by molar-refractivity contribution is -0.140. The molecule has 2 aromatic rings. The number of aryl methyl sites for hydroxylation is 2. The molecule has 1 amide bonds. The molecule has 6 nitrogen and oxygen atoms in total. The Kier molecular flexibility index (Phi) is 7.92. The average Bonchev–Trinajstić information content (AvgIpc) is 3.08. The number of aliphatic hydroxyl groups is 1. The van der Waals surface area contributed by atoms with Gasteiger partial charge in [-0.3, -0.25) is 9.59 Å². The van der Waals surface area contributed by atoms with E-state index < -0.39 is 17.7 Å². The number of carbonyl (C=O) groups is 2. The summed E-state index contributed by atoms with van der Waals surface area (Å²) >= 11 is 0. The molecule has 0 aromatic heterocycles. The number of hydrogen-bond donors (Lipinski definition) is 1. The van der Waals surface area contributed by atoms with Crippen molar-refractivity contribution >= 4 is 17.4 Å². The first kappa shape index (κ1) is 24.5. The lowest BCUT2D eigenvalue weighted by Crippen LogP contribution is -2.33. The largest absolute Gasteiger partial charge is 0.507 e. The van der Waals surface area contributed by atoms with Gasteiger partial charge < -0.3 is 19.6 Å². The maximum absolute atomic E-state index is 13.2. The van der Waals surface area contributed by atoms with Gasteiger partial charge in [0.05, 0.1) is 18.7 Å². The van der Waals surface area contributed by atoms with Crippen LogP contribution in [0.3, 0.4) is 0 Å². The number of aliphatic hydroxyl groups excluding tert-OH is 1. The lowest BCUT2D eigenvalue weighted by atomic mass is 9.93. The van der Waals surface area contributed by atoms with Gasteiger partial charge in [0.15, 0.2) is 0 Å². The highest BCUT2D eigenvalue weighted by atomic mass is 16.5. The number of likely N-dealkylation sites (tertiary alicyclic amines) is 1. The van der Waals surface area contributed by atoms with Gasteiger partial charge in [-0.1, -0.05) is 43.7 Å². The van der Waals surface area contributed by atoms with Crippen molar-refractivity contribution in [1.82, 2.24) is 9.80 Å². The maximum atomic E-state index is 13.2. The van der Waals surface area contributed by atoms with E-state index in [0.717, 1.165) is 42.7 Å². The van der Waals surface area contributed by atoms with Crippen molar-refractivity contribution in [3.05, 3.63) is 70.3 Å². The van der Waals surface area contributed by atoms with Gasteiger partial charge in [-0.25, -0.2) is 0 Å². The standard InChI is InChI=1S/C27H34N2O4/c1-6-28(7-2)14-9-15-29-24(20-10-8-11-21(17-20)33-5)23(26(31)27(29)32)25(30)22-16-18(3)12-13-19(22)4/h8,10-13,16-17,24,30H,6-7,9,14-15H2,1-5H3. The molecule has 176 valence electrons. The highest BCUT2D eigenvalue weighted by molar-refractivity contribution is 6.46. The molecule has 1 fully saturated rings. The zero-order valence-corrected chi connectivity index (χ0v) is 20.2. The summed E-state index contributed by atoms with van der Waals surface area (Å²) in [5, 5.41) is 11.3. The van der Waals surface area contributed by atoms with Crippen molar-refractivity contribution in [2.24, 2.45) is 0 Å². The van der Waals surface area contributed by atoms with Crippen LogP contribution in [0.1, 0.15) is 48.6 Å². The van der Waals surface area contributed by atoms with Gasteiger partial charge in [-0.05, 0) is 69.2 Å². The Morgan fingerprint density at radius 3 is 2.48 bits per heavy atom. The van der Waals surface area contributed by atoms with Crippen molar-refractivity contribution in [3.8, 4) is 5.75 Å². The minimum absolute atomic E-state index is 0.129. The van der Waals surface area contributed by atoms with Crippen LogP contribution in [0.4, 0.5) is 0 Å². The van der Waals surface area contributed by atoms with Gasteiger partial charge in [0, 0.05) is 12.1 Å². The Bertz CT molecular complexity index is 1060. The molecule has 6 heteroatoms. The number of ketones is 1. The molecule has 0 saturated carbocycles. The normalized spacial score (nSPS) is 17.8. The van der Waals surface area contributed by atoms with Crippen molar-refractivity contribution in [3.63, 3.8) is 0 Å². The molecule has 0 spiro atoms. The van der Waals surface area contributed by atoms with Crippen LogP contribution in [0.25, 0.3) is 5.76 Å². The van der Waals surface area contributed by atoms with Gasteiger partial charge in [0.25, 0.3) is 11.7 Å². The number of carbonyl (C=O) groups excluding carboxylic acids is 2. The van der Waals surface area contributed by atoms with E-state index in [9.17, 15) is 14.7 Å². The van der Waals surface area contributed by atoms with Crippen LogP contribution in [0, 0.1) is 13.8 Å². The van der Waals surface area contributed by atoms with Crippen LogP contribution in [0.5, 0.6) is 5.75 Å². The number of Topliss-reactive ketones (excluding diaryl/α,β-unsaturated/α-hetero) is 1. The fourth-order valence-corrected chi connectivity index (χ4v) is 4.41. The Balaban J connectivity index is 2.09. The van der Waals surface area contributed by atoms with Crippen LogP contribution >= 0.6 is 0 Å². The second kappa shape index (κ2) is 10.7. The highest BCUT2D eigenvalue weighted by Gasteiger charge is 2.46. The summed E-state index contributed by atoms with van der Waals surface area (Å²) in [6.45, 7) is 11.1. The molecule has 1 aliphatic heterocycles. The van der Waals surface area contributed by atoms with E-state index in [0.29, 0.717) is 17.9 Å². The van der Waals surface area contributed by atoms with Crippen LogP contribution < -0.4 is 4.74 Å². The predicted octanol–water partition coefficient (Wildman–Crippen LogP) is 4.47. The molecular weight excluding hydrogens is 416 g/mol. The Morgan fingerprint density at radius 2 is 1.82 bits per heavy atom. The highest BCUT2D eigenvalue weighted by Crippen LogP contribution is 2.40. The SMILES string of the molecule is CCN(CC)CCCN1C(=O)C(=O)C(=C(O)c2cc(C)ccc2C)C1c1cccc(OC)c1. The molecule has 33 heavy (non-hydrogen) atoms. The van der Waals surface area contributed by atoms with E-state index in [1.807, 2.05) is 56.3 Å². The molecule has 1 heterocycles. The summed E-state index contributed by atoms with van der Waals surface area (Å²) in [5.41, 5.74) is 3.25. The van der Waals surface area contributed by atoms with Crippen molar-refractivity contribution in [1.29, 1.82) is 0 Å². The molecule has 2 aromatic carbocycles. The van der Waals surface area contributed by atoms with E-state index in [1.54, 1.807) is 12.0 Å². The summed E-state index contributed by atoms with van der Waals surface area (Å²) < 4.78 is 5.39. The first-order valence-corrected chi connectivity index (χ1v) is 11.5. The number of amides is 1. The van der Waals surface area contributed by atoms with E-state index in [1.165, 1.54) is 0 Å². The minimum Gasteiger partial charge on any atom is -0.507 e. The molecule has 0 aliphatic carbocycles. The van der Waals surface area contributed by atoms with Gasteiger partial charge in [-0.2, -0.15) is 0 Å². The second-order valence-corrected chi connectivity index (χ2v) is 8.47. The smallest absolute Gasteiger partial charge is 0.295 e. The first-order chi connectivity index (χ1) is 15.8. The van der Waals surface area contributed by atoms with Crippen LogP contribution in [0.15, 0.2) is 48.0 Å². The summed E-state index contributed by atoms with van der Waals surface area (Å²) in [6, 6.07) is 12.4. The number of methoxy groups -OCH3 is 1. The van der Waals surface area contributed by atoms with Crippen molar-refractivity contribution < 1.29 is 19.4 Å². The second-order valence-electron chi connectivity index (χ2n) is 8.47. The minimum atomic E-state index is -0.670. The molecule has 1 unspecified atom stereocenters. The Labute approximate surface area is 196 Å². The third kappa shape index (κ3) is 5.11. The Hall–Kier alpha value is -3.12. The zero-order chi connectivity index (χ0) is 24.1. The molecule has 1 aliphatic rings. The maximum Gasteiger partial charge on any atom is 0.295 e. The number of rotatable bonds is 9.